The van der Waals surface area contributed by atoms with E-state index in [1.807, 2.05) is 48.5 Å². The molecule has 8 heteroatoms. The van der Waals surface area contributed by atoms with Crippen LogP contribution in [0.25, 0.3) is 28.1 Å². The van der Waals surface area contributed by atoms with Crippen molar-refractivity contribution in [2.24, 2.45) is 0 Å². The summed E-state index contributed by atoms with van der Waals surface area (Å²) in [6, 6.07) is 14.9. The second-order valence-corrected chi connectivity index (χ2v) is 10.4. The molecule has 2 aromatic carbocycles. The van der Waals surface area contributed by atoms with Gasteiger partial charge in [-0.2, -0.15) is 0 Å². The van der Waals surface area contributed by atoms with Crippen LogP contribution in [0.4, 0.5) is 0 Å². The SMILES string of the molecule is CS(=O)(=O)c1cnc2ccc(/C=C3\SC(S)NC3=O)cc2c1-c1ccccc1. The fraction of sp³-hybridized carbons (Fsp3) is 0.100. The monoisotopic (exact) mass is 428 g/mol. The third-order valence-corrected chi connectivity index (χ3v) is 6.79. The number of pyridine rings is 1. The van der Waals surface area contributed by atoms with Gasteiger partial charge in [-0.3, -0.25) is 9.78 Å². The molecule has 1 aliphatic rings. The zero-order chi connectivity index (χ0) is 19.9. The molecule has 2 heterocycles. The van der Waals surface area contributed by atoms with Gasteiger partial charge in [-0.05, 0) is 29.3 Å². The molecule has 3 aromatic rings. The predicted molar refractivity (Wildman–Crippen MR) is 117 cm³/mol. The standard InChI is InChI=1S/C20H16N2O3S3/c1-28(24,25)17-11-21-15-8-7-12(10-16-19(23)22-20(26)27-16)9-14(15)18(17)13-5-3-2-4-6-13/h2-11,20,26H,1H3,(H,22,23)/b16-10-. The molecule has 1 saturated heterocycles. The fourth-order valence-corrected chi connectivity index (χ4v) is 5.18. The smallest absolute Gasteiger partial charge is 0.259 e. The van der Waals surface area contributed by atoms with Crippen molar-refractivity contribution < 1.29 is 13.2 Å². The molecule has 142 valence electrons. The summed E-state index contributed by atoms with van der Waals surface area (Å²) in [6.45, 7) is 0. The van der Waals surface area contributed by atoms with Crippen molar-refractivity contribution in [3.05, 3.63) is 65.2 Å². The van der Waals surface area contributed by atoms with Crippen molar-refractivity contribution in [2.45, 2.75) is 9.60 Å². The van der Waals surface area contributed by atoms with E-state index in [1.54, 1.807) is 6.08 Å². The van der Waals surface area contributed by atoms with E-state index in [9.17, 15) is 13.2 Å². The zero-order valence-electron chi connectivity index (χ0n) is 14.8. The van der Waals surface area contributed by atoms with Crippen molar-refractivity contribution in [1.82, 2.24) is 10.3 Å². The first-order chi connectivity index (χ1) is 13.3. The lowest BCUT2D eigenvalue weighted by atomic mass is 9.99. The molecule has 1 atom stereocenters. The summed E-state index contributed by atoms with van der Waals surface area (Å²) in [5.41, 5.74) is 2.88. The molecule has 1 aliphatic heterocycles. The van der Waals surface area contributed by atoms with Gasteiger partial charge in [0.1, 0.15) is 4.71 Å². The highest BCUT2D eigenvalue weighted by Crippen LogP contribution is 2.36. The van der Waals surface area contributed by atoms with Crippen LogP contribution in [0.1, 0.15) is 5.56 Å². The lowest BCUT2D eigenvalue weighted by Crippen LogP contribution is -2.19. The van der Waals surface area contributed by atoms with Gasteiger partial charge < -0.3 is 5.32 Å². The largest absolute Gasteiger partial charge is 0.331 e. The normalized spacial score (nSPS) is 18.6. The summed E-state index contributed by atoms with van der Waals surface area (Å²) < 4.78 is 24.5. The maximum Gasteiger partial charge on any atom is 0.259 e. The average Bonchev–Trinajstić information content (AvgIpc) is 2.97. The molecule has 0 spiro atoms. The minimum atomic E-state index is -3.48. The van der Waals surface area contributed by atoms with E-state index in [0.717, 1.165) is 11.1 Å². The van der Waals surface area contributed by atoms with Crippen molar-refractivity contribution in [3.63, 3.8) is 0 Å². The van der Waals surface area contributed by atoms with E-state index in [2.05, 4.69) is 22.9 Å². The van der Waals surface area contributed by atoms with Gasteiger partial charge in [0.15, 0.2) is 9.84 Å². The van der Waals surface area contributed by atoms with E-state index < -0.39 is 9.84 Å². The minimum absolute atomic E-state index is 0.170. The molecule has 1 aromatic heterocycles. The van der Waals surface area contributed by atoms with E-state index in [-0.39, 0.29) is 15.5 Å². The Bertz CT molecular complexity index is 1220. The van der Waals surface area contributed by atoms with Crippen LogP contribution >= 0.6 is 24.4 Å². The molecule has 28 heavy (non-hydrogen) atoms. The van der Waals surface area contributed by atoms with Crippen LogP contribution in [0, 0.1) is 0 Å². The van der Waals surface area contributed by atoms with Gasteiger partial charge in [0.25, 0.3) is 5.91 Å². The van der Waals surface area contributed by atoms with Crippen LogP contribution in [0.2, 0.25) is 0 Å². The molecular weight excluding hydrogens is 412 g/mol. The second-order valence-electron chi connectivity index (χ2n) is 6.36. The van der Waals surface area contributed by atoms with E-state index in [1.165, 1.54) is 24.2 Å². The Labute approximate surface area is 172 Å². The number of amides is 1. The number of nitrogens with zero attached hydrogens (tertiary/aromatic N) is 1. The Hall–Kier alpha value is -2.29. The maximum atomic E-state index is 12.4. The Balaban J connectivity index is 1.97. The zero-order valence-corrected chi connectivity index (χ0v) is 17.3. The third-order valence-electron chi connectivity index (χ3n) is 4.33. The van der Waals surface area contributed by atoms with Crippen LogP contribution in [0.3, 0.4) is 0 Å². The first-order valence-electron chi connectivity index (χ1n) is 8.38. The molecule has 0 bridgehead atoms. The van der Waals surface area contributed by atoms with Crippen molar-refractivity contribution in [2.75, 3.05) is 6.26 Å². The summed E-state index contributed by atoms with van der Waals surface area (Å²) in [7, 11) is -3.48. The van der Waals surface area contributed by atoms with E-state index in [0.29, 0.717) is 21.4 Å². The summed E-state index contributed by atoms with van der Waals surface area (Å²) in [4.78, 5) is 17.1. The van der Waals surface area contributed by atoms with Gasteiger partial charge in [0.05, 0.1) is 15.3 Å². The first-order valence-corrected chi connectivity index (χ1v) is 11.7. The van der Waals surface area contributed by atoms with Crippen LogP contribution in [0.15, 0.2) is 64.5 Å². The van der Waals surface area contributed by atoms with Gasteiger partial charge >= 0.3 is 0 Å². The number of thioether (sulfide) groups is 1. The number of benzene rings is 2. The highest BCUT2D eigenvalue weighted by molar-refractivity contribution is 8.14. The number of hydrogen-bond acceptors (Lipinski definition) is 6. The van der Waals surface area contributed by atoms with Crippen molar-refractivity contribution in [3.8, 4) is 11.1 Å². The summed E-state index contributed by atoms with van der Waals surface area (Å²) in [5.74, 6) is -0.170. The number of thiol groups is 1. The lowest BCUT2D eigenvalue weighted by molar-refractivity contribution is -0.116. The van der Waals surface area contributed by atoms with Crippen molar-refractivity contribution in [1.29, 1.82) is 0 Å². The number of sulfone groups is 1. The highest BCUT2D eigenvalue weighted by Gasteiger charge is 2.24. The maximum absolute atomic E-state index is 12.4. The molecule has 0 radical (unpaired) electrons. The molecule has 0 aliphatic carbocycles. The van der Waals surface area contributed by atoms with Crippen LogP contribution in [0.5, 0.6) is 0 Å². The molecule has 1 fully saturated rings. The summed E-state index contributed by atoms with van der Waals surface area (Å²) >= 11 is 5.59. The third kappa shape index (κ3) is 3.67. The molecule has 5 nitrogen and oxygen atoms in total. The minimum Gasteiger partial charge on any atom is -0.331 e. The molecule has 0 saturated carbocycles. The molecule has 1 amide bonds. The topological polar surface area (TPSA) is 76.1 Å². The Morgan fingerprint density at radius 3 is 2.57 bits per heavy atom. The number of nitrogens with one attached hydrogen (secondary N) is 1. The predicted octanol–water partition coefficient (Wildman–Crippen LogP) is 3.72. The number of rotatable bonds is 3. The van der Waals surface area contributed by atoms with Gasteiger partial charge in [0.2, 0.25) is 0 Å². The van der Waals surface area contributed by atoms with Gasteiger partial charge in [-0.1, -0.05) is 48.2 Å². The van der Waals surface area contributed by atoms with Crippen LogP contribution in [-0.2, 0) is 14.6 Å². The number of fused-ring (bicyclic) bond motifs is 1. The van der Waals surface area contributed by atoms with Gasteiger partial charge in [-0.25, -0.2) is 8.42 Å². The summed E-state index contributed by atoms with van der Waals surface area (Å²) in [5, 5.41) is 3.44. The van der Waals surface area contributed by atoms with Crippen LogP contribution < -0.4 is 5.32 Å². The quantitative estimate of drug-likeness (QED) is 0.491. The number of hydrogen-bond donors (Lipinski definition) is 2. The first kappa shape index (κ1) is 19.0. The lowest BCUT2D eigenvalue weighted by Gasteiger charge is -2.12. The molecule has 1 unspecified atom stereocenters. The Morgan fingerprint density at radius 1 is 1.18 bits per heavy atom. The number of carbonyl (C=O) groups excluding carboxylic acids is 1. The Morgan fingerprint density at radius 2 is 1.93 bits per heavy atom. The van der Waals surface area contributed by atoms with Crippen molar-refractivity contribution >= 4 is 57.1 Å². The second kappa shape index (κ2) is 7.27. The fourth-order valence-electron chi connectivity index (χ4n) is 3.10. The van der Waals surface area contributed by atoms with E-state index in [4.69, 9.17) is 0 Å². The number of aromatic nitrogens is 1. The van der Waals surface area contributed by atoms with Gasteiger partial charge in [0, 0.05) is 23.4 Å². The molecule has 4 rings (SSSR count). The number of carbonyl (C=O) groups is 1. The molecule has 1 N–H and O–H groups in total. The average molecular weight is 429 g/mol. The van der Waals surface area contributed by atoms with Crippen LogP contribution in [-0.4, -0.2) is 30.3 Å². The van der Waals surface area contributed by atoms with Gasteiger partial charge in [-0.15, -0.1) is 12.6 Å². The summed E-state index contributed by atoms with van der Waals surface area (Å²) in [6.07, 6.45) is 4.36. The Kier molecular flexibility index (Phi) is 4.95. The molecular formula is C20H16N2O3S3. The van der Waals surface area contributed by atoms with E-state index >= 15 is 0 Å². The highest BCUT2D eigenvalue weighted by atomic mass is 32.2.